The van der Waals surface area contributed by atoms with Gasteiger partial charge in [-0.2, -0.15) is 5.10 Å². The number of hydrogen-bond acceptors (Lipinski definition) is 4. The Morgan fingerprint density at radius 2 is 2.14 bits per heavy atom. The maximum absolute atomic E-state index is 9.45. The number of anilines is 1. The number of aromatic amines is 1. The van der Waals surface area contributed by atoms with Gasteiger partial charge >= 0.3 is 0 Å². The molecule has 0 spiro atoms. The van der Waals surface area contributed by atoms with E-state index in [9.17, 15) is 5.11 Å². The van der Waals surface area contributed by atoms with Crippen LogP contribution >= 0.6 is 0 Å². The summed E-state index contributed by atoms with van der Waals surface area (Å²) >= 11 is 0. The summed E-state index contributed by atoms with van der Waals surface area (Å²) in [4.78, 5) is 0. The van der Waals surface area contributed by atoms with Gasteiger partial charge < -0.3 is 15.2 Å². The first kappa shape index (κ1) is 14.4. The smallest absolute Gasteiger partial charge is 0.124 e. The third-order valence-corrected chi connectivity index (χ3v) is 3.58. The van der Waals surface area contributed by atoms with Gasteiger partial charge in [0.05, 0.1) is 24.9 Å². The average Bonchev–Trinajstić information content (AvgIpc) is 3.03. The molecule has 2 aromatic carbocycles. The Labute approximate surface area is 128 Å². The van der Waals surface area contributed by atoms with E-state index in [1.807, 2.05) is 43.5 Å². The molecule has 3 N–H and O–H groups in total. The van der Waals surface area contributed by atoms with Crippen molar-refractivity contribution in [3.05, 3.63) is 53.7 Å². The van der Waals surface area contributed by atoms with Gasteiger partial charge in [0.1, 0.15) is 5.75 Å². The second-order valence-electron chi connectivity index (χ2n) is 5.02. The number of nitrogens with one attached hydrogen (secondary N) is 2. The van der Waals surface area contributed by atoms with E-state index < -0.39 is 0 Å². The number of aromatic nitrogens is 2. The standard InChI is InChI=1S/C17H19N3O2/c1-2-22-16-7-6-15(8-14(16)11-21)18-9-12-4-3-5-13-10-19-20-17(12)13/h3-8,10,18,21H,2,9,11H2,1H3,(H,19,20). The van der Waals surface area contributed by atoms with E-state index in [1.54, 1.807) is 0 Å². The molecule has 1 heterocycles. The van der Waals surface area contributed by atoms with E-state index in [2.05, 4.69) is 21.6 Å². The second kappa shape index (κ2) is 6.49. The number of benzene rings is 2. The van der Waals surface area contributed by atoms with E-state index in [1.165, 1.54) is 0 Å². The lowest BCUT2D eigenvalue weighted by Crippen LogP contribution is -2.02. The normalized spacial score (nSPS) is 10.8. The quantitative estimate of drug-likeness (QED) is 0.654. The summed E-state index contributed by atoms with van der Waals surface area (Å²) < 4.78 is 5.49. The van der Waals surface area contributed by atoms with Gasteiger partial charge in [0, 0.05) is 23.2 Å². The summed E-state index contributed by atoms with van der Waals surface area (Å²) in [5, 5.41) is 21.0. The van der Waals surface area contributed by atoms with Crippen molar-refractivity contribution in [1.82, 2.24) is 10.2 Å². The fourth-order valence-electron chi connectivity index (χ4n) is 2.48. The van der Waals surface area contributed by atoms with Crippen molar-refractivity contribution in [2.45, 2.75) is 20.1 Å². The maximum Gasteiger partial charge on any atom is 0.124 e. The van der Waals surface area contributed by atoms with E-state index in [0.29, 0.717) is 13.2 Å². The molecule has 114 valence electrons. The fraction of sp³-hybridized carbons (Fsp3) is 0.235. The molecule has 0 aliphatic heterocycles. The first-order valence-electron chi connectivity index (χ1n) is 7.33. The van der Waals surface area contributed by atoms with Gasteiger partial charge in [-0.25, -0.2) is 0 Å². The highest BCUT2D eigenvalue weighted by atomic mass is 16.5. The fourth-order valence-corrected chi connectivity index (χ4v) is 2.48. The SMILES string of the molecule is CCOc1ccc(NCc2cccc3cn[nH]c23)cc1CO. The van der Waals surface area contributed by atoms with Crippen molar-refractivity contribution in [1.29, 1.82) is 0 Å². The summed E-state index contributed by atoms with van der Waals surface area (Å²) in [5.74, 6) is 0.728. The Morgan fingerprint density at radius 1 is 1.23 bits per heavy atom. The van der Waals surface area contributed by atoms with E-state index >= 15 is 0 Å². The monoisotopic (exact) mass is 297 g/mol. The molecular formula is C17H19N3O2. The molecule has 3 rings (SSSR count). The zero-order valence-electron chi connectivity index (χ0n) is 12.5. The third-order valence-electron chi connectivity index (χ3n) is 3.58. The van der Waals surface area contributed by atoms with Crippen LogP contribution in [0.25, 0.3) is 10.9 Å². The molecule has 0 amide bonds. The van der Waals surface area contributed by atoms with Crippen LogP contribution in [-0.4, -0.2) is 21.9 Å². The van der Waals surface area contributed by atoms with Crippen molar-refractivity contribution < 1.29 is 9.84 Å². The maximum atomic E-state index is 9.45. The number of hydrogen-bond donors (Lipinski definition) is 3. The predicted molar refractivity (Wildman–Crippen MR) is 87.0 cm³/mol. The van der Waals surface area contributed by atoms with Crippen molar-refractivity contribution in [2.75, 3.05) is 11.9 Å². The van der Waals surface area contributed by atoms with E-state index in [0.717, 1.165) is 33.5 Å². The van der Waals surface area contributed by atoms with Gasteiger partial charge in [-0.15, -0.1) is 0 Å². The minimum atomic E-state index is -0.0407. The molecule has 3 aromatic rings. The van der Waals surface area contributed by atoms with Gasteiger partial charge in [-0.05, 0) is 30.7 Å². The Kier molecular flexibility index (Phi) is 4.25. The predicted octanol–water partition coefficient (Wildman–Crippen LogP) is 3.07. The third kappa shape index (κ3) is 2.89. The highest BCUT2D eigenvalue weighted by molar-refractivity contribution is 5.81. The van der Waals surface area contributed by atoms with Gasteiger partial charge in [0.2, 0.25) is 0 Å². The summed E-state index contributed by atoms with van der Waals surface area (Å²) in [6, 6.07) is 11.9. The number of nitrogens with zero attached hydrogens (tertiary/aromatic N) is 1. The van der Waals surface area contributed by atoms with Crippen molar-refractivity contribution in [3.63, 3.8) is 0 Å². The molecule has 5 nitrogen and oxygen atoms in total. The molecule has 5 heteroatoms. The minimum Gasteiger partial charge on any atom is -0.494 e. The lowest BCUT2D eigenvalue weighted by atomic mass is 10.1. The molecule has 0 aliphatic rings. The molecule has 0 saturated heterocycles. The molecule has 0 aliphatic carbocycles. The number of ether oxygens (including phenoxy) is 1. The van der Waals surface area contributed by atoms with Crippen LogP contribution in [0.4, 0.5) is 5.69 Å². The van der Waals surface area contributed by atoms with Crippen molar-refractivity contribution >= 4 is 16.6 Å². The van der Waals surface area contributed by atoms with Crippen LogP contribution in [0.3, 0.4) is 0 Å². The highest BCUT2D eigenvalue weighted by Gasteiger charge is 2.06. The molecule has 1 aromatic heterocycles. The summed E-state index contributed by atoms with van der Waals surface area (Å²) in [5.41, 5.74) is 3.92. The van der Waals surface area contributed by atoms with Crippen molar-refractivity contribution in [3.8, 4) is 5.75 Å². The number of H-pyrrole nitrogens is 1. The van der Waals surface area contributed by atoms with Crippen LogP contribution in [0.1, 0.15) is 18.1 Å². The van der Waals surface area contributed by atoms with Gasteiger partial charge in [-0.3, -0.25) is 5.10 Å². The van der Waals surface area contributed by atoms with Crippen LogP contribution in [0.15, 0.2) is 42.6 Å². The van der Waals surface area contributed by atoms with Crippen LogP contribution in [-0.2, 0) is 13.2 Å². The number of aliphatic hydroxyl groups excluding tert-OH is 1. The number of para-hydroxylation sites is 1. The lowest BCUT2D eigenvalue weighted by molar-refractivity contribution is 0.267. The summed E-state index contributed by atoms with van der Waals surface area (Å²) in [6.45, 7) is 3.15. The largest absolute Gasteiger partial charge is 0.494 e. The van der Waals surface area contributed by atoms with E-state index in [-0.39, 0.29) is 6.61 Å². The van der Waals surface area contributed by atoms with E-state index in [4.69, 9.17) is 4.74 Å². The van der Waals surface area contributed by atoms with Crippen molar-refractivity contribution in [2.24, 2.45) is 0 Å². The molecule has 0 radical (unpaired) electrons. The Hall–Kier alpha value is -2.53. The average molecular weight is 297 g/mol. The molecule has 0 bridgehead atoms. The Balaban J connectivity index is 1.77. The van der Waals surface area contributed by atoms with Crippen LogP contribution in [0, 0.1) is 0 Å². The van der Waals surface area contributed by atoms with Gasteiger partial charge in [-0.1, -0.05) is 18.2 Å². The van der Waals surface area contributed by atoms with Gasteiger partial charge in [0.25, 0.3) is 0 Å². The number of fused-ring (bicyclic) bond motifs is 1. The summed E-state index contributed by atoms with van der Waals surface area (Å²) in [7, 11) is 0. The van der Waals surface area contributed by atoms with Gasteiger partial charge in [0.15, 0.2) is 0 Å². The minimum absolute atomic E-state index is 0.0407. The molecule has 0 atom stereocenters. The molecule has 0 saturated carbocycles. The topological polar surface area (TPSA) is 70.2 Å². The molecule has 22 heavy (non-hydrogen) atoms. The number of rotatable bonds is 6. The Bertz CT molecular complexity index is 767. The first-order chi connectivity index (χ1) is 10.8. The van der Waals surface area contributed by atoms with Crippen LogP contribution < -0.4 is 10.1 Å². The second-order valence-corrected chi connectivity index (χ2v) is 5.02. The lowest BCUT2D eigenvalue weighted by Gasteiger charge is -2.12. The number of aliphatic hydroxyl groups is 1. The molecule has 0 fully saturated rings. The summed E-state index contributed by atoms with van der Waals surface area (Å²) in [6.07, 6.45) is 1.82. The Morgan fingerprint density at radius 3 is 2.95 bits per heavy atom. The van der Waals surface area contributed by atoms with Crippen LogP contribution in [0.2, 0.25) is 0 Å². The first-order valence-corrected chi connectivity index (χ1v) is 7.33. The molecular weight excluding hydrogens is 278 g/mol. The zero-order chi connectivity index (χ0) is 15.4. The zero-order valence-corrected chi connectivity index (χ0v) is 12.5. The van der Waals surface area contributed by atoms with Crippen LogP contribution in [0.5, 0.6) is 5.75 Å². The molecule has 0 unspecified atom stereocenters. The highest BCUT2D eigenvalue weighted by Crippen LogP contribution is 2.24.